The molecule has 3 rings (SSSR count). The van der Waals surface area contributed by atoms with Gasteiger partial charge in [0.25, 0.3) is 5.91 Å². The summed E-state index contributed by atoms with van der Waals surface area (Å²) in [5.41, 5.74) is 0.665. The van der Waals surface area contributed by atoms with Crippen molar-refractivity contribution in [3.63, 3.8) is 0 Å². The third-order valence-corrected chi connectivity index (χ3v) is 4.57. The molecule has 110 valence electrons. The monoisotopic (exact) mass is 286 g/mol. The number of aromatic amines is 1. The molecule has 21 heavy (non-hydrogen) atoms. The molecule has 3 N–H and O–H groups in total. The first-order valence-electron chi connectivity index (χ1n) is 7.12. The van der Waals surface area contributed by atoms with Crippen molar-refractivity contribution in [2.24, 2.45) is 5.41 Å². The molecule has 1 fully saturated rings. The highest BCUT2D eigenvalue weighted by Crippen LogP contribution is 2.38. The molecule has 5 nitrogen and oxygen atoms in total. The predicted molar refractivity (Wildman–Crippen MR) is 79.1 cm³/mol. The Morgan fingerprint density at radius 2 is 2.19 bits per heavy atom. The zero-order valence-electron chi connectivity index (χ0n) is 11.8. The Bertz CT molecular complexity index is 706. The van der Waals surface area contributed by atoms with Crippen molar-refractivity contribution < 1.29 is 14.7 Å². The van der Waals surface area contributed by atoms with Gasteiger partial charge in [0, 0.05) is 28.7 Å². The van der Waals surface area contributed by atoms with Gasteiger partial charge >= 0.3 is 5.97 Å². The Kier molecular flexibility index (Phi) is 3.20. The number of carbonyl (C=O) groups excluding carboxylic acids is 1. The lowest BCUT2D eigenvalue weighted by atomic mass is 9.85. The van der Waals surface area contributed by atoms with E-state index < -0.39 is 11.4 Å². The van der Waals surface area contributed by atoms with E-state index in [1.165, 1.54) is 0 Å². The fourth-order valence-corrected chi connectivity index (χ4v) is 3.09. The maximum absolute atomic E-state index is 12.4. The van der Waals surface area contributed by atoms with Crippen LogP contribution in [0.25, 0.3) is 10.9 Å². The highest BCUT2D eigenvalue weighted by atomic mass is 16.4. The van der Waals surface area contributed by atoms with Gasteiger partial charge in [0.05, 0.1) is 5.41 Å². The highest BCUT2D eigenvalue weighted by Gasteiger charge is 2.45. The van der Waals surface area contributed by atoms with Crippen LogP contribution in [0.5, 0.6) is 0 Å². The van der Waals surface area contributed by atoms with Crippen LogP contribution in [0.3, 0.4) is 0 Å². The third-order valence-electron chi connectivity index (χ3n) is 4.57. The number of H-pyrrole nitrogens is 1. The van der Waals surface area contributed by atoms with Gasteiger partial charge in [0.15, 0.2) is 0 Å². The summed E-state index contributed by atoms with van der Waals surface area (Å²) in [7, 11) is 0. The molecule has 1 aromatic heterocycles. The van der Waals surface area contributed by atoms with Crippen LogP contribution in [-0.2, 0) is 4.79 Å². The van der Waals surface area contributed by atoms with E-state index >= 15 is 0 Å². The maximum atomic E-state index is 12.4. The van der Waals surface area contributed by atoms with Gasteiger partial charge in [0.1, 0.15) is 0 Å². The molecule has 1 aliphatic rings. The molecule has 1 saturated carbocycles. The first-order valence-corrected chi connectivity index (χ1v) is 7.12. The van der Waals surface area contributed by atoms with E-state index in [0.717, 1.165) is 17.3 Å². The van der Waals surface area contributed by atoms with Gasteiger partial charge in [0.2, 0.25) is 0 Å². The Labute approximate surface area is 122 Å². The fourth-order valence-electron chi connectivity index (χ4n) is 3.09. The summed E-state index contributed by atoms with van der Waals surface area (Å²) >= 11 is 0. The van der Waals surface area contributed by atoms with Crippen LogP contribution in [0.2, 0.25) is 0 Å². The summed E-state index contributed by atoms with van der Waals surface area (Å²) in [6.07, 6.45) is 3.96. The summed E-state index contributed by atoms with van der Waals surface area (Å²) in [6.45, 7) is 1.71. The second kappa shape index (κ2) is 4.91. The molecule has 2 atom stereocenters. The van der Waals surface area contributed by atoms with E-state index in [2.05, 4.69) is 10.3 Å². The normalized spacial score (nSPS) is 25.1. The Hall–Kier alpha value is -2.30. The van der Waals surface area contributed by atoms with Crippen molar-refractivity contribution in [3.05, 3.63) is 36.0 Å². The van der Waals surface area contributed by atoms with E-state index in [-0.39, 0.29) is 11.9 Å². The Morgan fingerprint density at radius 3 is 2.95 bits per heavy atom. The highest BCUT2D eigenvalue weighted by molar-refractivity contribution is 5.98. The second-order valence-corrected chi connectivity index (χ2v) is 5.92. The van der Waals surface area contributed by atoms with Crippen LogP contribution in [0.15, 0.2) is 30.5 Å². The van der Waals surface area contributed by atoms with Gasteiger partial charge in [-0.2, -0.15) is 0 Å². The van der Waals surface area contributed by atoms with E-state index in [0.29, 0.717) is 18.4 Å². The lowest BCUT2D eigenvalue weighted by Crippen LogP contribution is -2.47. The van der Waals surface area contributed by atoms with Gasteiger partial charge in [-0.15, -0.1) is 0 Å². The SMILES string of the molecule is CC1(C(=O)O)CCCC1NC(=O)c1ccc2[nH]ccc2c1. The van der Waals surface area contributed by atoms with Crippen molar-refractivity contribution in [3.8, 4) is 0 Å². The van der Waals surface area contributed by atoms with E-state index in [1.807, 2.05) is 24.4 Å². The molecule has 5 heteroatoms. The summed E-state index contributed by atoms with van der Waals surface area (Å²) in [5.74, 6) is -1.05. The van der Waals surface area contributed by atoms with Gasteiger partial charge in [-0.3, -0.25) is 9.59 Å². The Balaban J connectivity index is 1.81. The molecule has 0 radical (unpaired) electrons. The number of carboxylic acids is 1. The van der Waals surface area contributed by atoms with Crippen molar-refractivity contribution in [2.75, 3.05) is 0 Å². The van der Waals surface area contributed by atoms with E-state index in [9.17, 15) is 14.7 Å². The van der Waals surface area contributed by atoms with Crippen LogP contribution < -0.4 is 5.32 Å². The number of fused-ring (bicyclic) bond motifs is 1. The molecule has 0 spiro atoms. The van der Waals surface area contributed by atoms with Gasteiger partial charge < -0.3 is 15.4 Å². The lowest BCUT2D eigenvalue weighted by molar-refractivity contribution is -0.148. The molecule has 1 aliphatic carbocycles. The van der Waals surface area contributed by atoms with Crippen LogP contribution in [0.4, 0.5) is 0 Å². The quantitative estimate of drug-likeness (QED) is 0.811. The van der Waals surface area contributed by atoms with Crippen molar-refractivity contribution in [2.45, 2.75) is 32.2 Å². The van der Waals surface area contributed by atoms with E-state index in [1.54, 1.807) is 13.0 Å². The first kappa shape index (κ1) is 13.7. The van der Waals surface area contributed by atoms with Gasteiger partial charge in [-0.1, -0.05) is 6.42 Å². The molecule has 0 aliphatic heterocycles. The topological polar surface area (TPSA) is 82.2 Å². The number of aliphatic carboxylic acids is 1. The van der Waals surface area contributed by atoms with Crippen molar-refractivity contribution in [1.82, 2.24) is 10.3 Å². The summed E-state index contributed by atoms with van der Waals surface area (Å²) < 4.78 is 0. The van der Waals surface area contributed by atoms with Crippen LogP contribution in [0.1, 0.15) is 36.5 Å². The fraction of sp³-hybridized carbons (Fsp3) is 0.375. The van der Waals surface area contributed by atoms with Crippen LogP contribution in [-0.4, -0.2) is 28.0 Å². The standard InChI is InChI=1S/C16H18N2O3/c1-16(15(20)21)7-2-3-13(16)18-14(19)11-4-5-12-10(9-11)6-8-17-12/h4-6,8-9,13,17H,2-3,7H2,1H3,(H,18,19)(H,20,21). The number of carbonyl (C=O) groups is 2. The molecule has 1 heterocycles. The zero-order chi connectivity index (χ0) is 15.0. The zero-order valence-corrected chi connectivity index (χ0v) is 11.8. The number of rotatable bonds is 3. The predicted octanol–water partition coefficient (Wildman–Crippen LogP) is 2.54. The Morgan fingerprint density at radius 1 is 1.38 bits per heavy atom. The smallest absolute Gasteiger partial charge is 0.311 e. The number of carboxylic acid groups (broad SMARTS) is 1. The van der Waals surface area contributed by atoms with Gasteiger partial charge in [-0.25, -0.2) is 0 Å². The molecule has 2 aromatic rings. The molecule has 0 saturated heterocycles. The summed E-state index contributed by atoms with van der Waals surface area (Å²) in [6, 6.07) is 7.01. The van der Waals surface area contributed by atoms with Crippen molar-refractivity contribution >= 4 is 22.8 Å². The third kappa shape index (κ3) is 2.28. The number of amides is 1. The minimum absolute atomic E-state index is 0.211. The minimum atomic E-state index is -0.867. The largest absolute Gasteiger partial charge is 0.481 e. The lowest BCUT2D eigenvalue weighted by Gasteiger charge is -2.27. The molecule has 1 aromatic carbocycles. The van der Waals surface area contributed by atoms with Crippen LogP contribution >= 0.6 is 0 Å². The molecule has 0 bridgehead atoms. The number of nitrogens with one attached hydrogen (secondary N) is 2. The van der Waals surface area contributed by atoms with Gasteiger partial charge in [-0.05, 0) is 44.0 Å². The molecule has 1 amide bonds. The van der Waals surface area contributed by atoms with E-state index in [4.69, 9.17) is 0 Å². The number of hydrogen-bond donors (Lipinski definition) is 3. The first-order chi connectivity index (χ1) is 10.0. The number of hydrogen-bond acceptors (Lipinski definition) is 2. The number of benzene rings is 1. The molecular weight excluding hydrogens is 268 g/mol. The minimum Gasteiger partial charge on any atom is -0.481 e. The summed E-state index contributed by atoms with van der Waals surface area (Å²) in [4.78, 5) is 26.9. The molecule has 2 unspecified atom stereocenters. The summed E-state index contributed by atoms with van der Waals surface area (Å²) in [5, 5.41) is 13.2. The maximum Gasteiger partial charge on any atom is 0.311 e. The van der Waals surface area contributed by atoms with Crippen LogP contribution in [0, 0.1) is 5.41 Å². The van der Waals surface area contributed by atoms with Crippen molar-refractivity contribution in [1.29, 1.82) is 0 Å². The molecular formula is C16H18N2O3. The number of aromatic nitrogens is 1. The second-order valence-electron chi connectivity index (χ2n) is 5.92. The average molecular weight is 286 g/mol. The average Bonchev–Trinajstić information content (AvgIpc) is 3.06.